The van der Waals surface area contributed by atoms with Crippen LogP contribution in [0.4, 0.5) is 4.20 Å². The van der Waals surface area contributed by atoms with Crippen molar-refractivity contribution < 1.29 is 41.7 Å². The average molecular weight is 422 g/mol. The van der Waals surface area contributed by atoms with Gasteiger partial charge in [0.05, 0.1) is 21.1 Å². The molecule has 20 heavy (non-hydrogen) atoms. The summed E-state index contributed by atoms with van der Waals surface area (Å²) in [7, 11) is 2.12. The molecule has 0 aromatic heterocycles. The number of rotatable bonds is 6. The molecule has 4 nitrogen and oxygen atoms in total. The van der Waals surface area contributed by atoms with Gasteiger partial charge in [-0.3, -0.25) is 4.52 Å². The van der Waals surface area contributed by atoms with Crippen LogP contribution >= 0.6 is 7.83 Å². The van der Waals surface area contributed by atoms with Crippen LogP contribution < -0.4 is 24.0 Å². The molecular weight excluding hydrogens is 393 g/mol. The molecule has 1 unspecified atom stereocenters. The monoisotopic (exact) mass is 422 g/mol. The van der Waals surface area contributed by atoms with E-state index in [2.05, 4.69) is 21.1 Å². The molecule has 3 atom stereocenters. The summed E-state index contributed by atoms with van der Waals surface area (Å²) in [6, 6.07) is 0.216. The minimum absolute atomic E-state index is 0. The van der Waals surface area contributed by atoms with Crippen LogP contribution in [-0.2, 0) is 9.09 Å². The predicted octanol–water partition coefficient (Wildman–Crippen LogP) is 0.444. The molecule has 1 fully saturated rings. The third kappa shape index (κ3) is 5.52. The van der Waals surface area contributed by atoms with E-state index in [9.17, 15) is 8.76 Å². The van der Waals surface area contributed by atoms with Crippen LogP contribution in [0.5, 0.6) is 0 Å². The van der Waals surface area contributed by atoms with E-state index in [0.717, 1.165) is 30.2 Å². The minimum atomic E-state index is -4.15. The first-order valence-corrected chi connectivity index (χ1v) is 8.73. The van der Waals surface area contributed by atoms with Crippen molar-refractivity contribution in [3.05, 3.63) is 0 Å². The van der Waals surface area contributed by atoms with Crippen molar-refractivity contribution in [2.24, 2.45) is 0 Å². The SMILES string of the molecule is CCN(CC)P(=O)(F)O[C@H]1CCCC[C@@H]1[N+](C)(C)C.[I-]. The summed E-state index contributed by atoms with van der Waals surface area (Å²) in [5.74, 6) is 0. The zero-order chi connectivity index (χ0) is 14.7. The Bertz CT molecular complexity index is 335. The van der Waals surface area contributed by atoms with Crippen LogP contribution in [0.1, 0.15) is 39.5 Å². The Hall–Kier alpha value is 0.770. The molecule has 122 valence electrons. The normalized spacial score (nSPS) is 26.9. The van der Waals surface area contributed by atoms with Crippen LogP contribution in [0.25, 0.3) is 0 Å². The van der Waals surface area contributed by atoms with Gasteiger partial charge in [-0.05, 0) is 12.8 Å². The molecule has 0 saturated heterocycles. The highest BCUT2D eigenvalue weighted by molar-refractivity contribution is 7.50. The van der Waals surface area contributed by atoms with Crippen LogP contribution in [-0.4, -0.2) is 55.5 Å². The molecule has 0 aliphatic heterocycles. The summed E-state index contributed by atoms with van der Waals surface area (Å²) < 4.78 is 34.0. The number of hydrogen-bond acceptors (Lipinski definition) is 2. The van der Waals surface area contributed by atoms with Crippen molar-refractivity contribution in [1.29, 1.82) is 0 Å². The molecule has 0 N–H and O–H groups in total. The van der Waals surface area contributed by atoms with Crippen molar-refractivity contribution in [1.82, 2.24) is 4.67 Å². The maximum Gasteiger partial charge on any atom is 0.445 e. The molecule has 0 spiro atoms. The van der Waals surface area contributed by atoms with E-state index in [0.29, 0.717) is 13.1 Å². The van der Waals surface area contributed by atoms with Gasteiger partial charge in [0, 0.05) is 19.5 Å². The second-order valence-electron chi connectivity index (χ2n) is 6.20. The molecule has 0 bridgehead atoms. The molecule has 0 aromatic carbocycles. The second-order valence-corrected chi connectivity index (χ2v) is 7.88. The Morgan fingerprint density at radius 2 is 1.70 bits per heavy atom. The van der Waals surface area contributed by atoms with Gasteiger partial charge in [-0.2, -0.15) is 0 Å². The fourth-order valence-corrected chi connectivity index (χ4v) is 4.27. The number of quaternary nitrogens is 1. The largest absolute Gasteiger partial charge is 1.00 e. The van der Waals surface area contributed by atoms with E-state index in [1.54, 1.807) is 13.8 Å². The summed E-state index contributed by atoms with van der Waals surface area (Å²) in [6.45, 7) is 4.42. The molecule has 0 aromatic rings. The van der Waals surface area contributed by atoms with Gasteiger partial charge in [0.25, 0.3) is 0 Å². The lowest BCUT2D eigenvalue weighted by atomic mass is 9.91. The molecule has 0 radical (unpaired) electrons. The molecule has 1 aliphatic rings. The third-order valence-electron chi connectivity index (χ3n) is 4.00. The maximum atomic E-state index is 14.4. The van der Waals surface area contributed by atoms with Crippen molar-refractivity contribution in [2.45, 2.75) is 51.7 Å². The highest BCUT2D eigenvalue weighted by atomic mass is 127. The first-order valence-electron chi connectivity index (χ1n) is 7.27. The number of hydrogen-bond donors (Lipinski definition) is 0. The summed E-state index contributed by atoms with van der Waals surface area (Å²) in [5.41, 5.74) is 0. The fraction of sp³-hybridized carbons (Fsp3) is 1.00. The number of halogens is 2. The zero-order valence-electron chi connectivity index (χ0n) is 13.3. The standard InChI is InChI=1S/C13H29FN2O2P.HI/c1-6-15(7-2)19(14,17)18-13-11-9-8-10-12(13)16(3,4)5;/h12-13H,6-11H2,1-5H3;1H/q+1;/p-1/t12-,13-,19?;/m0./s1. The molecular formula is C13H29FIN2O2P. The predicted molar refractivity (Wildman–Crippen MR) is 76.8 cm³/mol. The topological polar surface area (TPSA) is 29.5 Å². The zero-order valence-corrected chi connectivity index (χ0v) is 16.4. The fourth-order valence-electron chi connectivity index (χ4n) is 2.88. The van der Waals surface area contributed by atoms with Gasteiger partial charge in [0.2, 0.25) is 0 Å². The van der Waals surface area contributed by atoms with Crippen molar-refractivity contribution in [3.8, 4) is 0 Å². The van der Waals surface area contributed by atoms with E-state index >= 15 is 0 Å². The molecule has 0 amide bonds. The Balaban J connectivity index is 0.00000361. The number of nitrogens with zero attached hydrogens (tertiary/aromatic N) is 2. The Morgan fingerprint density at radius 1 is 1.20 bits per heavy atom. The van der Waals surface area contributed by atoms with Crippen molar-refractivity contribution in [2.75, 3.05) is 34.2 Å². The van der Waals surface area contributed by atoms with Crippen molar-refractivity contribution >= 4 is 7.83 Å². The van der Waals surface area contributed by atoms with Gasteiger partial charge in [-0.25, -0.2) is 9.24 Å². The van der Waals surface area contributed by atoms with E-state index in [4.69, 9.17) is 4.52 Å². The first-order chi connectivity index (χ1) is 8.72. The summed E-state index contributed by atoms with van der Waals surface area (Å²) in [6.07, 6.45) is 3.73. The molecule has 1 aliphatic carbocycles. The Kier molecular flexibility index (Phi) is 8.74. The van der Waals surface area contributed by atoms with Crippen LogP contribution in [0.3, 0.4) is 0 Å². The van der Waals surface area contributed by atoms with Gasteiger partial charge < -0.3 is 28.5 Å². The van der Waals surface area contributed by atoms with Gasteiger partial charge in [-0.15, -0.1) is 4.20 Å². The lowest BCUT2D eigenvalue weighted by Gasteiger charge is -2.42. The van der Waals surface area contributed by atoms with Crippen LogP contribution in [0.15, 0.2) is 0 Å². The van der Waals surface area contributed by atoms with Crippen molar-refractivity contribution in [3.63, 3.8) is 0 Å². The van der Waals surface area contributed by atoms with E-state index in [1.165, 1.54) is 4.67 Å². The smallest absolute Gasteiger partial charge is 0.445 e. The highest BCUT2D eigenvalue weighted by Crippen LogP contribution is 2.54. The lowest BCUT2D eigenvalue weighted by molar-refractivity contribution is -0.900. The number of likely N-dealkylation sites (N-methyl/N-ethyl adjacent to an activating group) is 1. The quantitative estimate of drug-likeness (QED) is 0.354. The Labute approximate surface area is 140 Å². The minimum Gasteiger partial charge on any atom is -1.00 e. The van der Waals surface area contributed by atoms with E-state index in [-0.39, 0.29) is 36.1 Å². The third-order valence-corrected chi connectivity index (χ3v) is 5.77. The first kappa shape index (κ1) is 20.8. The summed E-state index contributed by atoms with van der Waals surface area (Å²) in [5, 5.41) is 0. The molecule has 7 heteroatoms. The second kappa shape index (κ2) is 8.42. The van der Waals surface area contributed by atoms with Gasteiger partial charge in [0.15, 0.2) is 0 Å². The van der Waals surface area contributed by atoms with Crippen LogP contribution in [0.2, 0.25) is 0 Å². The van der Waals surface area contributed by atoms with Gasteiger partial charge >= 0.3 is 7.83 Å². The molecule has 1 rings (SSSR count). The average Bonchev–Trinajstić information content (AvgIpc) is 2.28. The van der Waals surface area contributed by atoms with Crippen LogP contribution in [0, 0.1) is 0 Å². The summed E-state index contributed by atoms with van der Waals surface area (Å²) >= 11 is 0. The lowest BCUT2D eigenvalue weighted by Crippen LogP contribution is -3.00. The highest BCUT2D eigenvalue weighted by Gasteiger charge is 2.42. The van der Waals surface area contributed by atoms with Gasteiger partial charge in [0.1, 0.15) is 12.1 Å². The summed E-state index contributed by atoms with van der Waals surface area (Å²) in [4.78, 5) is 0. The molecule has 0 heterocycles. The van der Waals surface area contributed by atoms with E-state index in [1.807, 2.05) is 0 Å². The van der Waals surface area contributed by atoms with E-state index < -0.39 is 7.83 Å². The molecule has 1 saturated carbocycles. The Morgan fingerprint density at radius 3 is 2.15 bits per heavy atom. The van der Waals surface area contributed by atoms with Gasteiger partial charge in [-0.1, -0.05) is 20.3 Å². The maximum absolute atomic E-state index is 14.4.